The predicted molar refractivity (Wildman–Crippen MR) is 78.6 cm³/mol. The monoisotopic (exact) mass is 326 g/mol. The lowest BCUT2D eigenvalue weighted by Crippen LogP contribution is -2.46. The van der Waals surface area contributed by atoms with E-state index in [-0.39, 0.29) is 0 Å². The van der Waals surface area contributed by atoms with Gasteiger partial charge in [-0.3, -0.25) is 0 Å². The van der Waals surface area contributed by atoms with Crippen LogP contribution in [-0.4, -0.2) is 42.8 Å². The summed E-state index contributed by atoms with van der Waals surface area (Å²) in [6.45, 7) is 2.92. The van der Waals surface area contributed by atoms with Gasteiger partial charge < -0.3 is 15.0 Å². The maximum atomic E-state index is 5.84. The maximum absolute atomic E-state index is 5.84. The Morgan fingerprint density at radius 2 is 2.37 bits per heavy atom. The van der Waals surface area contributed by atoms with Crippen LogP contribution < -0.4 is 10.2 Å². The van der Waals surface area contributed by atoms with Crippen LogP contribution in [0.3, 0.4) is 0 Å². The molecular weight excluding hydrogens is 308 g/mol. The maximum Gasteiger partial charge on any atom is 0.227 e. The van der Waals surface area contributed by atoms with Gasteiger partial charge in [0.05, 0.1) is 10.6 Å². The highest BCUT2D eigenvalue weighted by atomic mass is 79.9. The zero-order valence-corrected chi connectivity index (χ0v) is 12.7. The van der Waals surface area contributed by atoms with Crippen LogP contribution in [0.25, 0.3) is 0 Å². The van der Waals surface area contributed by atoms with Crippen molar-refractivity contribution in [2.45, 2.75) is 25.4 Å². The minimum absolute atomic E-state index is 0.448. The standard InChI is InChI=1S/C13H19BrN4O/c1-15-12-10(14)7-16-13(17-12)18-5-4-11-9(8-18)3-2-6-19-11/h7,9,11H,2-6,8H2,1H3,(H,15,16,17)/t9-,11-/m0/s1. The van der Waals surface area contributed by atoms with Gasteiger partial charge in [-0.15, -0.1) is 0 Å². The van der Waals surface area contributed by atoms with E-state index < -0.39 is 0 Å². The molecule has 1 aromatic rings. The lowest BCUT2D eigenvalue weighted by atomic mass is 9.89. The second kappa shape index (κ2) is 5.63. The SMILES string of the molecule is CNc1nc(N2CC[C@@H]3OCCC[C@H]3C2)ncc1Br. The molecule has 2 atom stereocenters. The van der Waals surface area contributed by atoms with Crippen molar-refractivity contribution in [3.63, 3.8) is 0 Å². The molecule has 0 amide bonds. The number of hydrogen-bond donors (Lipinski definition) is 1. The van der Waals surface area contributed by atoms with E-state index in [9.17, 15) is 0 Å². The first-order valence-electron chi connectivity index (χ1n) is 6.85. The number of ether oxygens (including phenoxy) is 1. The molecule has 2 saturated heterocycles. The molecular formula is C13H19BrN4O. The molecule has 0 bridgehead atoms. The van der Waals surface area contributed by atoms with Gasteiger partial charge in [-0.2, -0.15) is 4.98 Å². The van der Waals surface area contributed by atoms with E-state index >= 15 is 0 Å². The van der Waals surface area contributed by atoms with Crippen molar-refractivity contribution in [2.75, 3.05) is 37.0 Å². The molecule has 19 heavy (non-hydrogen) atoms. The Morgan fingerprint density at radius 1 is 1.47 bits per heavy atom. The van der Waals surface area contributed by atoms with Crippen LogP contribution in [0.15, 0.2) is 10.7 Å². The first-order chi connectivity index (χ1) is 9.28. The zero-order valence-electron chi connectivity index (χ0n) is 11.1. The van der Waals surface area contributed by atoms with Crippen molar-refractivity contribution in [3.8, 4) is 0 Å². The molecule has 3 heterocycles. The third-order valence-corrected chi connectivity index (χ3v) is 4.55. The fraction of sp³-hybridized carbons (Fsp3) is 0.692. The van der Waals surface area contributed by atoms with E-state index in [2.05, 4.69) is 36.1 Å². The second-order valence-electron chi connectivity index (χ2n) is 5.16. The summed E-state index contributed by atoms with van der Waals surface area (Å²) in [5.41, 5.74) is 0. The molecule has 0 spiro atoms. The summed E-state index contributed by atoms with van der Waals surface area (Å²) in [5.74, 6) is 2.29. The lowest BCUT2D eigenvalue weighted by molar-refractivity contribution is -0.0359. The van der Waals surface area contributed by atoms with Crippen LogP contribution in [0.2, 0.25) is 0 Å². The van der Waals surface area contributed by atoms with Crippen molar-refractivity contribution >= 4 is 27.7 Å². The highest BCUT2D eigenvalue weighted by molar-refractivity contribution is 9.10. The number of nitrogens with zero attached hydrogens (tertiary/aromatic N) is 3. The van der Waals surface area contributed by atoms with Gasteiger partial charge >= 0.3 is 0 Å². The molecule has 5 nitrogen and oxygen atoms in total. The first-order valence-corrected chi connectivity index (χ1v) is 7.64. The molecule has 2 aliphatic rings. The summed E-state index contributed by atoms with van der Waals surface area (Å²) in [7, 11) is 1.87. The van der Waals surface area contributed by atoms with E-state index in [0.29, 0.717) is 12.0 Å². The van der Waals surface area contributed by atoms with Crippen LogP contribution in [0.4, 0.5) is 11.8 Å². The van der Waals surface area contributed by atoms with E-state index in [0.717, 1.165) is 42.4 Å². The number of rotatable bonds is 2. The molecule has 0 unspecified atom stereocenters. The van der Waals surface area contributed by atoms with Gasteiger partial charge in [0, 0.05) is 38.9 Å². The Kier molecular flexibility index (Phi) is 3.88. The van der Waals surface area contributed by atoms with Gasteiger partial charge in [-0.05, 0) is 35.2 Å². The van der Waals surface area contributed by atoms with E-state index in [1.165, 1.54) is 12.8 Å². The van der Waals surface area contributed by atoms with Gasteiger partial charge in [-0.25, -0.2) is 4.98 Å². The van der Waals surface area contributed by atoms with Crippen molar-refractivity contribution in [1.29, 1.82) is 0 Å². The molecule has 2 aliphatic heterocycles. The summed E-state index contributed by atoms with van der Waals surface area (Å²) >= 11 is 3.44. The van der Waals surface area contributed by atoms with E-state index in [1.54, 1.807) is 0 Å². The molecule has 1 aromatic heterocycles. The highest BCUT2D eigenvalue weighted by Gasteiger charge is 2.33. The van der Waals surface area contributed by atoms with Crippen LogP contribution in [-0.2, 0) is 4.74 Å². The Balaban J connectivity index is 1.75. The third kappa shape index (κ3) is 2.69. The average Bonchev–Trinajstić information content (AvgIpc) is 2.47. The summed E-state index contributed by atoms with van der Waals surface area (Å²) < 4.78 is 6.74. The summed E-state index contributed by atoms with van der Waals surface area (Å²) in [5, 5.41) is 3.08. The Hall–Kier alpha value is -0.880. The van der Waals surface area contributed by atoms with Crippen LogP contribution in [0, 0.1) is 5.92 Å². The largest absolute Gasteiger partial charge is 0.378 e. The predicted octanol–water partition coefficient (Wildman–Crippen LogP) is 2.29. The zero-order chi connectivity index (χ0) is 13.2. The number of halogens is 1. The quantitative estimate of drug-likeness (QED) is 0.903. The number of nitrogens with one attached hydrogen (secondary N) is 1. The Bertz CT molecular complexity index is 456. The fourth-order valence-corrected chi connectivity index (χ4v) is 3.34. The van der Waals surface area contributed by atoms with E-state index in [4.69, 9.17) is 4.74 Å². The first kappa shape index (κ1) is 13.1. The van der Waals surface area contributed by atoms with Crippen molar-refractivity contribution in [3.05, 3.63) is 10.7 Å². The smallest absolute Gasteiger partial charge is 0.227 e. The number of anilines is 2. The number of aromatic nitrogens is 2. The second-order valence-corrected chi connectivity index (χ2v) is 6.02. The molecule has 2 fully saturated rings. The molecule has 0 aliphatic carbocycles. The minimum atomic E-state index is 0.448. The van der Waals surface area contributed by atoms with Gasteiger partial charge in [0.25, 0.3) is 0 Å². The summed E-state index contributed by atoms with van der Waals surface area (Å²) in [6, 6.07) is 0. The summed E-state index contributed by atoms with van der Waals surface area (Å²) in [4.78, 5) is 11.3. The van der Waals surface area contributed by atoms with E-state index in [1.807, 2.05) is 13.2 Å². The third-order valence-electron chi connectivity index (χ3n) is 3.97. The van der Waals surface area contributed by atoms with Gasteiger partial charge in [-0.1, -0.05) is 0 Å². The molecule has 3 rings (SSSR count). The van der Waals surface area contributed by atoms with Gasteiger partial charge in [0.15, 0.2) is 0 Å². The van der Waals surface area contributed by atoms with Gasteiger partial charge in [0.2, 0.25) is 5.95 Å². The normalized spacial score (nSPS) is 26.9. The minimum Gasteiger partial charge on any atom is -0.378 e. The van der Waals surface area contributed by atoms with Crippen molar-refractivity contribution in [2.24, 2.45) is 5.92 Å². The van der Waals surface area contributed by atoms with Gasteiger partial charge in [0.1, 0.15) is 5.82 Å². The Morgan fingerprint density at radius 3 is 3.21 bits per heavy atom. The molecule has 6 heteroatoms. The van der Waals surface area contributed by atoms with Crippen LogP contribution in [0.1, 0.15) is 19.3 Å². The Labute approximate surface area is 121 Å². The fourth-order valence-electron chi connectivity index (χ4n) is 2.95. The number of fused-ring (bicyclic) bond motifs is 1. The summed E-state index contributed by atoms with van der Waals surface area (Å²) in [6.07, 6.45) is 5.79. The molecule has 0 saturated carbocycles. The topological polar surface area (TPSA) is 50.3 Å². The van der Waals surface area contributed by atoms with Crippen molar-refractivity contribution in [1.82, 2.24) is 9.97 Å². The van der Waals surface area contributed by atoms with Crippen LogP contribution in [0.5, 0.6) is 0 Å². The molecule has 104 valence electrons. The molecule has 0 aromatic carbocycles. The van der Waals surface area contributed by atoms with Crippen molar-refractivity contribution < 1.29 is 4.74 Å². The lowest BCUT2D eigenvalue weighted by Gasteiger charge is -2.41. The number of piperidine rings is 1. The van der Waals surface area contributed by atoms with Crippen LogP contribution >= 0.6 is 15.9 Å². The highest BCUT2D eigenvalue weighted by Crippen LogP contribution is 2.30. The average molecular weight is 327 g/mol. The number of hydrogen-bond acceptors (Lipinski definition) is 5. The molecule has 1 N–H and O–H groups in total. The molecule has 0 radical (unpaired) electrons.